The molecule has 0 heterocycles. The van der Waals surface area contributed by atoms with Crippen LogP contribution in [0, 0.1) is 16.0 Å². The summed E-state index contributed by atoms with van der Waals surface area (Å²) < 4.78 is 10.6. The molecule has 1 aromatic carbocycles. The predicted molar refractivity (Wildman–Crippen MR) is 72.9 cm³/mol. The van der Waals surface area contributed by atoms with Crippen LogP contribution in [0.25, 0.3) is 0 Å². The minimum absolute atomic E-state index is 0.0450. The second-order valence-corrected chi connectivity index (χ2v) is 4.31. The maximum Gasteiger partial charge on any atom is 0.311 e. The van der Waals surface area contributed by atoms with Crippen LogP contribution in [0.4, 0.5) is 5.69 Å². The van der Waals surface area contributed by atoms with Gasteiger partial charge >= 0.3 is 5.69 Å². The minimum Gasteiger partial charge on any atom is -0.497 e. The fourth-order valence-corrected chi connectivity index (χ4v) is 1.57. The SMILES string of the molecule is CCNCC(C)COc1cc(OC)ccc1[N+](=O)[O-]. The zero-order valence-corrected chi connectivity index (χ0v) is 11.5. The van der Waals surface area contributed by atoms with Crippen LogP contribution in [0.3, 0.4) is 0 Å². The van der Waals surface area contributed by atoms with E-state index in [9.17, 15) is 10.1 Å². The molecule has 0 aliphatic rings. The maximum atomic E-state index is 10.9. The lowest BCUT2D eigenvalue weighted by atomic mass is 10.2. The number of hydrogen-bond acceptors (Lipinski definition) is 5. The molecule has 0 aliphatic heterocycles. The van der Waals surface area contributed by atoms with Crippen molar-refractivity contribution in [2.24, 2.45) is 5.92 Å². The Labute approximate surface area is 112 Å². The van der Waals surface area contributed by atoms with E-state index in [1.165, 1.54) is 19.2 Å². The number of nitrogens with one attached hydrogen (secondary N) is 1. The monoisotopic (exact) mass is 268 g/mol. The van der Waals surface area contributed by atoms with Gasteiger partial charge in [0.2, 0.25) is 5.75 Å². The Balaban J connectivity index is 2.72. The molecule has 0 saturated carbocycles. The summed E-state index contributed by atoms with van der Waals surface area (Å²) in [7, 11) is 1.51. The van der Waals surface area contributed by atoms with Crippen molar-refractivity contribution in [3.05, 3.63) is 28.3 Å². The second kappa shape index (κ2) is 7.58. The van der Waals surface area contributed by atoms with Crippen molar-refractivity contribution < 1.29 is 14.4 Å². The smallest absolute Gasteiger partial charge is 0.311 e. The first-order valence-electron chi connectivity index (χ1n) is 6.24. The molecule has 0 radical (unpaired) electrons. The van der Waals surface area contributed by atoms with E-state index in [0.717, 1.165) is 13.1 Å². The maximum absolute atomic E-state index is 10.9. The number of ether oxygens (including phenoxy) is 2. The lowest BCUT2D eigenvalue weighted by Gasteiger charge is -2.13. The van der Waals surface area contributed by atoms with E-state index < -0.39 is 4.92 Å². The lowest BCUT2D eigenvalue weighted by molar-refractivity contribution is -0.385. The van der Waals surface area contributed by atoms with Crippen molar-refractivity contribution in [2.45, 2.75) is 13.8 Å². The molecule has 1 N–H and O–H groups in total. The average Bonchev–Trinajstić information content (AvgIpc) is 2.42. The van der Waals surface area contributed by atoms with Crippen LogP contribution in [0.5, 0.6) is 11.5 Å². The molecule has 0 aromatic heterocycles. The van der Waals surface area contributed by atoms with E-state index in [1.54, 1.807) is 6.07 Å². The fraction of sp³-hybridized carbons (Fsp3) is 0.538. The molecule has 1 rings (SSSR count). The largest absolute Gasteiger partial charge is 0.497 e. The van der Waals surface area contributed by atoms with Crippen molar-refractivity contribution in [2.75, 3.05) is 26.8 Å². The molecule has 0 fully saturated rings. The van der Waals surface area contributed by atoms with Gasteiger partial charge in [-0.25, -0.2) is 0 Å². The molecule has 0 aliphatic carbocycles. The van der Waals surface area contributed by atoms with Gasteiger partial charge in [-0.05, 0) is 12.6 Å². The number of rotatable bonds is 8. The molecule has 1 atom stereocenters. The second-order valence-electron chi connectivity index (χ2n) is 4.31. The average molecular weight is 268 g/mol. The van der Waals surface area contributed by atoms with Crippen molar-refractivity contribution >= 4 is 5.69 Å². The Morgan fingerprint density at radius 3 is 2.79 bits per heavy atom. The third-order valence-electron chi connectivity index (χ3n) is 2.63. The van der Waals surface area contributed by atoms with Gasteiger partial charge < -0.3 is 14.8 Å². The Kier molecular flexibility index (Phi) is 6.08. The molecule has 1 unspecified atom stereocenters. The van der Waals surface area contributed by atoms with Gasteiger partial charge in [-0.2, -0.15) is 0 Å². The van der Waals surface area contributed by atoms with E-state index in [2.05, 4.69) is 5.32 Å². The van der Waals surface area contributed by atoms with Crippen LogP contribution < -0.4 is 14.8 Å². The Morgan fingerprint density at radius 2 is 2.21 bits per heavy atom. The summed E-state index contributed by atoms with van der Waals surface area (Å²) in [6.45, 7) is 6.17. The van der Waals surface area contributed by atoms with E-state index >= 15 is 0 Å². The van der Waals surface area contributed by atoms with Gasteiger partial charge in [-0.3, -0.25) is 10.1 Å². The molecule has 19 heavy (non-hydrogen) atoms. The normalized spacial score (nSPS) is 11.9. The Bertz CT molecular complexity index is 423. The molecular formula is C13H20N2O4. The lowest BCUT2D eigenvalue weighted by Crippen LogP contribution is -2.24. The summed E-state index contributed by atoms with van der Waals surface area (Å²) in [5.74, 6) is 1.05. The number of methoxy groups -OCH3 is 1. The van der Waals surface area contributed by atoms with Gasteiger partial charge in [0.1, 0.15) is 5.75 Å². The summed E-state index contributed by atoms with van der Waals surface area (Å²) in [4.78, 5) is 10.5. The molecule has 0 bridgehead atoms. The van der Waals surface area contributed by atoms with Crippen LogP contribution in [0.15, 0.2) is 18.2 Å². The third-order valence-corrected chi connectivity index (χ3v) is 2.63. The van der Waals surface area contributed by atoms with E-state index in [0.29, 0.717) is 12.4 Å². The quantitative estimate of drug-likeness (QED) is 0.578. The van der Waals surface area contributed by atoms with Gasteiger partial charge in [0.25, 0.3) is 0 Å². The van der Waals surface area contributed by atoms with Crippen molar-refractivity contribution in [3.8, 4) is 11.5 Å². The first kappa shape index (κ1) is 15.2. The zero-order valence-electron chi connectivity index (χ0n) is 11.5. The Morgan fingerprint density at radius 1 is 1.47 bits per heavy atom. The number of nitro benzene ring substituents is 1. The zero-order chi connectivity index (χ0) is 14.3. The van der Waals surface area contributed by atoms with Crippen LogP contribution in [-0.4, -0.2) is 31.7 Å². The summed E-state index contributed by atoms with van der Waals surface area (Å²) >= 11 is 0. The first-order valence-corrected chi connectivity index (χ1v) is 6.24. The number of nitrogens with zero attached hydrogens (tertiary/aromatic N) is 1. The highest BCUT2D eigenvalue weighted by Crippen LogP contribution is 2.31. The number of nitro groups is 1. The molecule has 6 heteroatoms. The molecule has 0 amide bonds. The van der Waals surface area contributed by atoms with Crippen LogP contribution in [-0.2, 0) is 0 Å². The number of benzene rings is 1. The highest BCUT2D eigenvalue weighted by atomic mass is 16.6. The van der Waals surface area contributed by atoms with Crippen LogP contribution in [0.2, 0.25) is 0 Å². The van der Waals surface area contributed by atoms with E-state index in [1.807, 2.05) is 13.8 Å². The topological polar surface area (TPSA) is 73.6 Å². The van der Waals surface area contributed by atoms with E-state index in [4.69, 9.17) is 9.47 Å². The van der Waals surface area contributed by atoms with Crippen molar-refractivity contribution in [1.82, 2.24) is 5.32 Å². The summed E-state index contributed by atoms with van der Waals surface area (Å²) in [6.07, 6.45) is 0. The number of hydrogen-bond donors (Lipinski definition) is 1. The Hall–Kier alpha value is -1.82. The highest BCUT2D eigenvalue weighted by molar-refractivity contribution is 5.50. The molecule has 6 nitrogen and oxygen atoms in total. The summed E-state index contributed by atoms with van der Waals surface area (Å²) in [6, 6.07) is 4.48. The van der Waals surface area contributed by atoms with Gasteiger partial charge in [0.15, 0.2) is 0 Å². The van der Waals surface area contributed by atoms with Crippen molar-refractivity contribution in [3.63, 3.8) is 0 Å². The molecule has 0 spiro atoms. The van der Waals surface area contributed by atoms with Gasteiger partial charge in [0, 0.05) is 24.6 Å². The highest BCUT2D eigenvalue weighted by Gasteiger charge is 2.16. The standard InChI is InChI=1S/C13H20N2O4/c1-4-14-8-10(2)9-19-13-7-11(18-3)5-6-12(13)15(16)17/h5-7,10,14H,4,8-9H2,1-3H3. The first-order chi connectivity index (χ1) is 9.08. The predicted octanol–water partition coefficient (Wildman–Crippen LogP) is 2.23. The molecule has 106 valence electrons. The van der Waals surface area contributed by atoms with Crippen LogP contribution >= 0.6 is 0 Å². The summed E-state index contributed by atoms with van der Waals surface area (Å²) in [5, 5.41) is 14.1. The van der Waals surface area contributed by atoms with Crippen molar-refractivity contribution in [1.29, 1.82) is 0 Å². The molecule has 1 aromatic rings. The molecule has 0 saturated heterocycles. The fourth-order valence-electron chi connectivity index (χ4n) is 1.57. The minimum atomic E-state index is -0.455. The van der Waals surface area contributed by atoms with Crippen LogP contribution in [0.1, 0.15) is 13.8 Å². The third kappa shape index (κ3) is 4.75. The summed E-state index contributed by atoms with van der Waals surface area (Å²) in [5.41, 5.74) is -0.0450. The van der Waals surface area contributed by atoms with Gasteiger partial charge in [0.05, 0.1) is 18.6 Å². The molecular weight excluding hydrogens is 248 g/mol. The van der Waals surface area contributed by atoms with Gasteiger partial charge in [-0.15, -0.1) is 0 Å². The van der Waals surface area contributed by atoms with Gasteiger partial charge in [-0.1, -0.05) is 13.8 Å². The van der Waals surface area contributed by atoms with E-state index in [-0.39, 0.29) is 17.4 Å².